The Kier molecular flexibility index (Phi) is 7.48. The Bertz CT molecular complexity index is 737. The fraction of sp³-hybridized carbons (Fsp3) is 0.300. The average Bonchev–Trinajstić information content (AvgIpc) is 2.66. The van der Waals surface area contributed by atoms with Gasteiger partial charge in [-0.05, 0) is 37.6 Å². The molecule has 0 spiro atoms. The summed E-state index contributed by atoms with van der Waals surface area (Å²) in [4.78, 5) is 26.5. The number of ether oxygens (including phenoxy) is 1. The predicted octanol–water partition coefficient (Wildman–Crippen LogP) is 3.27. The van der Waals surface area contributed by atoms with E-state index in [2.05, 4.69) is 5.32 Å². The molecule has 1 atom stereocenters. The van der Waals surface area contributed by atoms with Crippen LogP contribution in [-0.4, -0.2) is 35.9 Å². The van der Waals surface area contributed by atoms with Gasteiger partial charge in [-0.15, -0.1) is 0 Å². The number of carbonyl (C=O) groups excluding carboxylic acids is 2. The standard InChI is InChI=1S/C20H23ClN2O3/c1-3-22-20(25)15(2)23(13-16-9-7-8-12-18(16)21)19(24)14-26-17-10-5-4-6-11-17/h4-12,15H,3,13-14H2,1-2H3,(H,22,25)/t15-/m1/s1. The smallest absolute Gasteiger partial charge is 0.261 e. The Labute approximate surface area is 158 Å². The van der Waals surface area contributed by atoms with Gasteiger partial charge in [0.15, 0.2) is 6.61 Å². The number of carbonyl (C=O) groups is 2. The lowest BCUT2D eigenvalue weighted by Crippen LogP contribution is -2.49. The lowest BCUT2D eigenvalue weighted by atomic mass is 10.1. The number of hydrogen-bond acceptors (Lipinski definition) is 3. The van der Waals surface area contributed by atoms with Crippen molar-refractivity contribution in [3.63, 3.8) is 0 Å². The molecule has 0 fully saturated rings. The largest absolute Gasteiger partial charge is 0.484 e. The van der Waals surface area contributed by atoms with E-state index in [1.165, 1.54) is 4.90 Å². The first-order chi connectivity index (χ1) is 12.5. The molecular formula is C20H23ClN2O3. The number of rotatable bonds is 8. The van der Waals surface area contributed by atoms with Crippen molar-refractivity contribution in [3.8, 4) is 5.75 Å². The van der Waals surface area contributed by atoms with E-state index < -0.39 is 6.04 Å². The zero-order valence-electron chi connectivity index (χ0n) is 14.9. The van der Waals surface area contributed by atoms with E-state index in [-0.39, 0.29) is 25.0 Å². The molecule has 6 heteroatoms. The number of para-hydroxylation sites is 1. The molecule has 2 aromatic carbocycles. The molecule has 0 aliphatic rings. The quantitative estimate of drug-likeness (QED) is 0.771. The number of nitrogens with zero attached hydrogens (tertiary/aromatic N) is 1. The summed E-state index contributed by atoms with van der Waals surface area (Å²) in [5, 5.41) is 3.30. The van der Waals surface area contributed by atoms with E-state index in [4.69, 9.17) is 16.3 Å². The molecule has 0 unspecified atom stereocenters. The highest BCUT2D eigenvalue weighted by Crippen LogP contribution is 2.19. The molecule has 26 heavy (non-hydrogen) atoms. The monoisotopic (exact) mass is 374 g/mol. The predicted molar refractivity (Wildman–Crippen MR) is 102 cm³/mol. The van der Waals surface area contributed by atoms with Crippen molar-refractivity contribution in [2.75, 3.05) is 13.2 Å². The molecule has 1 N–H and O–H groups in total. The van der Waals surface area contributed by atoms with Crippen molar-refractivity contribution in [2.45, 2.75) is 26.4 Å². The van der Waals surface area contributed by atoms with Crippen LogP contribution in [0.4, 0.5) is 0 Å². The van der Waals surface area contributed by atoms with Gasteiger partial charge in [-0.3, -0.25) is 9.59 Å². The van der Waals surface area contributed by atoms with Gasteiger partial charge >= 0.3 is 0 Å². The number of hydrogen-bond donors (Lipinski definition) is 1. The van der Waals surface area contributed by atoms with Crippen LogP contribution in [0, 0.1) is 0 Å². The van der Waals surface area contributed by atoms with E-state index in [0.29, 0.717) is 17.3 Å². The first-order valence-electron chi connectivity index (χ1n) is 8.51. The van der Waals surface area contributed by atoms with Gasteiger partial charge in [-0.25, -0.2) is 0 Å². The molecule has 2 rings (SSSR count). The summed E-state index contributed by atoms with van der Waals surface area (Å²) in [5.41, 5.74) is 0.776. The highest BCUT2D eigenvalue weighted by Gasteiger charge is 2.26. The first-order valence-corrected chi connectivity index (χ1v) is 8.89. The summed E-state index contributed by atoms with van der Waals surface area (Å²) >= 11 is 6.22. The normalized spacial score (nSPS) is 11.5. The zero-order chi connectivity index (χ0) is 18.9. The van der Waals surface area contributed by atoms with Gasteiger partial charge in [0.2, 0.25) is 5.91 Å². The van der Waals surface area contributed by atoms with E-state index in [0.717, 1.165) is 5.56 Å². The third-order valence-corrected chi connectivity index (χ3v) is 4.29. The summed E-state index contributed by atoms with van der Waals surface area (Å²) in [7, 11) is 0. The molecule has 0 radical (unpaired) electrons. The van der Waals surface area contributed by atoms with Crippen LogP contribution >= 0.6 is 11.6 Å². The summed E-state index contributed by atoms with van der Waals surface area (Å²) in [6, 6.07) is 15.7. The Morgan fingerprint density at radius 1 is 1.12 bits per heavy atom. The van der Waals surface area contributed by atoms with Gasteiger partial charge < -0.3 is 15.0 Å². The maximum absolute atomic E-state index is 12.8. The minimum Gasteiger partial charge on any atom is -0.484 e. The molecular weight excluding hydrogens is 352 g/mol. The van der Waals surface area contributed by atoms with Crippen LogP contribution in [0.1, 0.15) is 19.4 Å². The molecule has 0 heterocycles. The van der Waals surface area contributed by atoms with Crippen LogP contribution in [0.2, 0.25) is 5.02 Å². The maximum atomic E-state index is 12.8. The van der Waals surface area contributed by atoms with Crippen LogP contribution in [-0.2, 0) is 16.1 Å². The van der Waals surface area contributed by atoms with Crippen LogP contribution in [0.3, 0.4) is 0 Å². The van der Waals surface area contributed by atoms with Crippen molar-refractivity contribution >= 4 is 23.4 Å². The van der Waals surface area contributed by atoms with Gasteiger partial charge in [-0.1, -0.05) is 48.0 Å². The van der Waals surface area contributed by atoms with Gasteiger partial charge in [0.1, 0.15) is 11.8 Å². The molecule has 0 aliphatic heterocycles. The molecule has 0 saturated heterocycles. The van der Waals surface area contributed by atoms with Gasteiger partial charge in [0, 0.05) is 18.1 Å². The topological polar surface area (TPSA) is 58.6 Å². The molecule has 5 nitrogen and oxygen atoms in total. The van der Waals surface area contributed by atoms with Gasteiger partial charge in [0.05, 0.1) is 0 Å². The average molecular weight is 375 g/mol. The molecule has 2 amide bonds. The minimum absolute atomic E-state index is 0.155. The summed E-state index contributed by atoms with van der Waals surface area (Å²) in [6.07, 6.45) is 0. The van der Waals surface area contributed by atoms with Crippen molar-refractivity contribution in [3.05, 3.63) is 65.2 Å². The third-order valence-electron chi connectivity index (χ3n) is 3.92. The molecule has 0 aromatic heterocycles. The number of amides is 2. The van der Waals surface area contributed by atoms with Crippen molar-refractivity contribution in [1.82, 2.24) is 10.2 Å². The SMILES string of the molecule is CCNC(=O)[C@@H](C)N(Cc1ccccc1Cl)C(=O)COc1ccccc1. The van der Waals surface area contributed by atoms with Crippen LogP contribution < -0.4 is 10.1 Å². The molecule has 0 aliphatic carbocycles. The lowest BCUT2D eigenvalue weighted by molar-refractivity contribution is -0.142. The molecule has 0 saturated carbocycles. The highest BCUT2D eigenvalue weighted by molar-refractivity contribution is 6.31. The second-order valence-electron chi connectivity index (χ2n) is 5.79. The van der Waals surface area contributed by atoms with Gasteiger partial charge in [0.25, 0.3) is 5.91 Å². The maximum Gasteiger partial charge on any atom is 0.261 e. The second kappa shape index (κ2) is 9.82. The van der Waals surface area contributed by atoms with E-state index in [1.54, 1.807) is 25.1 Å². The molecule has 0 bridgehead atoms. The van der Waals surface area contributed by atoms with Crippen molar-refractivity contribution in [1.29, 1.82) is 0 Å². The fourth-order valence-corrected chi connectivity index (χ4v) is 2.65. The highest BCUT2D eigenvalue weighted by atomic mass is 35.5. The molecule has 138 valence electrons. The number of likely N-dealkylation sites (N-methyl/N-ethyl adjacent to an activating group) is 1. The number of nitrogens with one attached hydrogen (secondary N) is 1. The molecule has 2 aromatic rings. The summed E-state index contributed by atoms with van der Waals surface area (Å²) in [6.45, 7) is 4.11. The van der Waals surface area contributed by atoms with E-state index >= 15 is 0 Å². The third kappa shape index (κ3) is 5.49. The number of halogens is 1. The Morgan fingerprint density at radius 3 is 2.42 bits per heavy atom. The Balaban J connectivity index is 2.14. The van der Waals surface area contributed by atoms with Crippen LogP contribution in [0.25, 0.3) is 0 Å². The van der Waals surface area contributed by atoms with Gasteiger partial charge in [-0.2, -0.15) is 0 Å². The van der Waals surface area contributed by atoms with Crippen LogP contribution in [0.5, 0.6) is 5.75 Å². The Morgan fingerprint density at radius 2 is 1.77 bits per heavy atom. The van der Waals surface area contributed by atoms with Crippen molar-refractivity contribution in [2.24, 2.45) is 0 Å². The first kappa shape index (κ1) is 19.8. The zero-order valence-corrected chi connectivity index (χ0v) is 15.7. The second-order valence-corrected chi connectivity index (χ2v) is 6.19. The summed E-state index contributed by atoms with van der Waals surface area (Å²) < 4.78 is 5.55. The lowest BCUT2D eigenvalue weighted by Gasteiger charge is -2.29. The van der Waals surface area contributed by atoms with E-state index in [1.807, 2.05) is 43.3 Å². The Hall–Kier alpha value is -2.53. The van der Waals surface area contributed by atoms with Crippen LogP contribution in [0.15, 0.2) is 54.6 Å². The number of benzene rings is 2. The van der Waals surface area contributed by atoms with E-state index in [9.17, 15) is 9.59 Å². The van der Waals surface area contributed by atoms with Crippen molar-refractivity contribution < 1.29 is 14.3 Å². The summed E-state index contributed by atoms with van der Waals surface area (Å²) in [5.74, 6) is 0.101. The minimum atomic E-state index is -0.641. The fourth-order valence-electron chi connectivity index (χ4n) is 2.46.